The summed E-state index contributed by atoms with van der Waals surface area (Å²) in [6.07, 6.45) is 1.95. The Balaban J connectivity index is 1.81. The summed E-state index contributed by atoms with van der Waals surface area (Å²) in [4.78, 5) is 6.92. The van der Waals surface area contributed by atoms with E-state index in [1.165, 1.54) is 0 Å². The van der Waals surface area contributed by atoms with Crippen molar-refractivity contribution < 1.29 is 0 Å². The zero-order valence-corrected chi connectivity index (χ0v) is 12.6. The summed E-state index contributed by atoms with van der Waals surface area (Å²) in [5.41, 5.74) is 4.47. The lowest BCUT2D eigenvalue weighted by Gasteiger charge is -2.15. The second-order valence-corrected chi connectivity index (χ2v) is 5.37. The second-order valence-electron chi connectivity index (χ2n) is 5.37. The predicted octanol–water partition coefficient (Wildman–Crippen LogP) is 4.29. The van der Waals surface area contributed by atoms with E-state index in [9.17, 15) is 0 Å². The lowest BCUT2D eigenvalue weighted by Crippen LogP contribution is -2.28. The van der Waals surface area contributed by atoms with E-state index in [1.807, 2.05) is 36.5 Å². The Kier molecular flexibility index (Phi) is 3.49. The first-order valence-corrected chi connectivity index (χ1v) is 7.67. The molecule has 2 heteroatoms. The van der Waals surface area contributed by atoms with Crippen molar-refractivity contribution in [3.8, 4) is 0 Å². The first-order valence-electron chi connectivity index (χ1n) is 7.67. The molecule has 4 rings (SSSR count). The minimum atomic E-state index is 0.954. The van der Waals surface area contributed by atoms with Crippen LogP contribution in [0.15, 0.2) is 97.2 Å². The summed E-state index contributed by atoms with van der Waals surface area (Å²) in [5, 5.41) is 0. The largest absolute Gasteiger partial charge is 0.336 e. The van der Waals surface area contributed by atoms with Crippen LogP contribution in [-0.2, 0) is 0 Å². The average molecular weight is 296 g/mol. The fraction of sp³-hybridized carbons (Fsp3) is 0. The summed E-state index contributed by atoms with van der Waals surface area (Å²) < 4.78 is 0. The van der Waals surface area contributed by atoms with Crippen LogP contribution in [0.2, 0.25) is 0 Å². The fourth-order valence-corrected chi connectivity index (χ4v) is 2.79. The molecule has 0 aromatic heterocycles. The minimum absolute atomic E-state index is 0.954. The first-order chi connectivity index (χ1) is 11.4. The van der Waals surface area contributed by atoms with Crippen LogP contribution in [-0.4, -0.2) is 5.84 Å². The molecule has 0 atom stereocenters. The van der Waals surface area contributed by atoms with Gasteiger partial charge in [-0.25, -0.2) is 0 Å². The number of rotatable bonds is 3. The fourth-order valence-electron chi connectivity index (χ4n) is 2.79. The van der Waals surface area contributed by atoms with Crippen LogP contribution in [0.3, 0.4) is 0 Å². The summed E-state index contributed by atoms with van der Waals surface area (Å²) in [6, 6.07) is 31.0. The predicted molar refractivity (Wildman–Crippen MR) is 96.0 cm³/mol. The Morgan fingerprint density at radius 3 is 1.70 bits per heavy atom. The van der Waals surface area contributed by atoms with Gasteiger partial charge < -0.3 is 0 Å². The molecule has 0 saturated carbocycles. The molecule has 0 fully saturated rings. The van der Waals surface area contributed by atoms with E-state index in [0.717, 1.165) is 28.3 Å². The van der Waals surface area contributed by atoms with Gasteiger partial charge in [0, 0.05) is 5.56 Å². The molecule has 1 aliphatic heterocycles. The standard InChI is InChI=1S/C21H16N2/c1-4-10-17(11-5-1)20-16-22-21(18-12-6-2-7-13-18)23(20)19-14-8-3-9-15-19/h1-16H/q+1. The minimum Gasteiger partial charge on any atom is -0.185 e. The first kappa shape index (κ1) is 13.5. The quantitative estimate of drug-likeness (QED) is 0.705. The molecule has 0 aliphatic carbocycles. The molecule has 0 amide bonds. The molecular weight excluding hydrogens is 280 g/mol. The molecule has 109 valence electrons. The highest BCUT2D eigenvalue weighted by Gasteiger charge is 2.35. The number of benzene rings is 3. The Hall–Kier alpha value is -3.13. The summed E-state index contributed by atoms with van der Waals surface area (Å²) in [6.45, 7) is 0. The topological polar surface area (TPSA) is 17.3 Å². The van der Waals surface area contributed by atoms with E-state index in [0.29, 0.717) is 0 Å². The molecule has 1 aliphatic rings. The number of para-hydroxylation sites is 1. The summed E-state index contributed by atoms with van der Waals surface area (Å²) >= 11 is 0. The number of aliphatic imine (C=N–C) groups is 1. The van der Waals surface area contributed by atoms with Gasteiger partial charge in [0.05, 0.1) is 5.56 Å². The van der Waals surface area contributed by atoms with Crippen LogP contribution in [0.25, 0.3) is 5.70 Å². The van der Waals surface area contributed by atoms with E-state index < -0.39 is 0 Å². The molecule has 0 N–H and O–H groups in total. The van der Waals surface area contributed by atoms with Crippen LogP contribution in [0, 0.1) is 0 Å². The van der Waals surface area contributed by atoms with Crippen LogP contribution in [0.5, 0.6) is 0 Å². The number of amidine groups is 1. The van der Waals surface area contributed by atoms with Crippen LogP contribution in [0.4, 0.5) is 5.69 Å². The van der Waals surface area contributed by atoms with Gasteiger partial charge >= 0.3 is 5.84 Å². The lowest BCUT2D eigenvalue weighted by molar-refractivity contribution is 1.35. The van der Waals surface area contributed by atoms with Gasteiger partial charge in [-0.05, 0) is 29.3 Å². The summed E-state index contributed by atoms with van der Waals surface area (Å²) in [5.74, 6) is 0.954. The van der Waals surface area contributed by atoms with Gasteiger partial charge in [0.1, 0.15) is 5.69 Å². The van der Waals surface area contributed by atoms with Crippen LogP contribution < -0.4 is 9.89 Å². The molecule has 0 unspecified atom stereocenters. The molecule has 0 saturated heterocycles. The zero-order valence-electron chi connectivity index (χ0n) is 12.6. The molecule has 0 bridgehead atoms. The molecule has 0 spiro atoms. The van der Waals surface area contributed by atoms with Gasteiger partial charge in [-0.2, -0.15) is 4.90 Å². The van der Waals surface area contributed by atoms with E-state index in [1.54, 1.807) is 0 Å². The molecule has 3 aromatic carbocycles. The van der Waals surface area contributed by atoms with Crippen molar-refractivity contribution in [2.45, 2.75) is 0 Å². The number of hydrogen-bond acceptors (Lipinski definition) is 2. The van der Waals surface area contributed by atoms with Crippen molar-refractivity contribution in [3.05, 3.63) is 108 Å². The highest BCUT2D eigenvalue weighted by atomic mass is 15.2. The van der Waals surface area contributed by atoms with Crippen molar-refractivity contribution >= 4 is 17.2 Å². The van der Waals surface area contributed by atoms with Gasteiger partial charge in [-0.1, -0.05) is 66.7 Å². The highest BCUT2D eigenvalue weighted by molar-refractivity contribution is 6.19. The second kappa shape index (κ2) is 5.93. The van der Waals surface area contributed by atoms with Gasteiger partial charge in [0.15, 0.2) is 11.9 Å². The van der Waals surface area contributed by atoms with Gasteiger partial charge in [-0.3, -0.25) is 0 Å². The third kappa shape index (κ3) is 2.55. The van der Waals surface area contributed by atoms with Crippen molar-refractivity contribution in [1.29, 1.82) is 0 Å². The van der Waals surface area contributed by atoms with E-state index in [-0.39, 0.29) is 0 Å². The third-order valence-corrected chi connectivity index (χ3v) is 3.88. The Bertz CT molecular complexity index is 795. The van der Waals surface area contributed by atoms with Crippen LogP contribution in [0.1, 0.15) is 11.1 Å². The normalized spacial score (nSPS) is 13.7. The van der Waals surface area contributed by atoms with Gasteiger partial charge in [-0.15, -0.1) is 0 Å². The molecule has 1 heterocycles. The molecular formula is C21H16N2+. The van der Waals surface area contributed by atoms with E-state index in [4.69, 9.17) is 4.99 Å². The van der Waals surface area contributed by atoms with Crippen molar-refractivity contribution in [2.75, 3.05) is 4.90 Å². The third-order valence-electron chi connectivity index (χ3n) is 3.88. The maximum Gasteiger partial charge on any atom is 0.336 e. The maximum atomic E-state index is 4.70. The molecule has 2 nitrogen and oxygen atoms in total. The number of nitrogens with zero attached hydrogens (tertiary/aromatic N) is 2. The van der Waals surface area contributed by atoms with Gasteiger partial charge in [0.2, 0.25) is 0 Å². The molecule has 23 heavy (non-hydrogen) atoms. The van der Waals surface area contributed by atoms with Gasteiger partial charge in [0.25, 0.3) is 0 Å². The van der Waals surface area contributed by atoms with Crippen molar-refractivity contribution in [3.63, 3.8) is 0 Å². The monoisotopic (exact) mass is 296 g/mol. The smallest absolute Gasteiger partial charge is 0.185 e. The van der Waals surface area contributed by atoms with E-state index in [2.05, 4.69) is 65.6 Å². The highest BCUT2D eigenvalue weighted by Crippen LogP contribution is 2.30. The Morgan fingerprint density at radius 2 is 1.09 bits per heavy atom. The summed E-state index contributed by atoms with van der Waals surface area (Å²) in [7, 11) is 0. The number of hydrogen-bond donors (Lipinski definition) is 0. The van der Waals surface area contributed by atoms with Crippen LogP contribution >= 0.6 is 0 Å². The van der Waals surface area contributed by atoms with E-state index >= 15 is 0 Å². The Labute approximate surface area is 136 Å². The Morgan fingerprint density at radius 1 is 0.565 bits per heavy atom. The molecule has 1 radical (unpaired) electrons. The van der Waals surface area contributed by atoms with Crippen molar-refractivity contribution in [1.82, 2.24) is 4.99 Å². The van der Waals surface area contributed by atoms with Crippen molar-refractivity contribution in [2.24, 2.45) is 0 Å². The average Bonchev–Trinajstić information content (AvgIpc) is 3.09. The SMILES string of the molecule is C1=C(c2ccccc2)N(c2ccccc2)C(c2ccccc2)=[N+]1. The number of anilines is 1. The maximum absolute atomic E-state index is 4.70. The zero-order chi connectivity index (χ0) is 15.5. The lowest BCUT2D eigenvalue weighted by atomic mass is 10.1. The molecule has 3 aromatic rings.